The van der Waals surface area contributed by atoms with Crippen LogP contribution in [0.4, 0.5) is 4.79 Å². The first-order valence-corrected chi connectivity index (χ1v) is 9.74. The van der Waals surface area contributed by atoms with Gasteiger partial charge in [-0.05, 0) is 66.5 Å². The minimum atomic E-state index is -0.568. The number of carbonyl (C=O) groups is 1. The molecule has 1 heterocycles. The van der Waals surface area contributed by atoms with Crippen molar-refractivity contribution in [1.29, 1.82) is 0 Å². The van der Waals surface area contributed by atoms with Crippen molar-refractivity contribution in [3.05, 3.63) is 0 Å². The van der Waals surface area contributed by atoms with E-state index in [-0.39, 0.29) is 12.6 Å². The predicted octanol–water partition coefficient (Wildman–Crippen LogP) is 2.31. The van der Waals surface area contributed by atoms with Gasteiger partial charge in [-0.1, -0.05) is 6.92 Å². The van der Waals surface area contributed by atoms with Gasteiger partial charge in [0, 0.05) is 32.2 Å². The summed E-state index contributed by atoms with van der Waals surface area (Å²) in [5.41, 5.74) is -0.527. The first-order chi connectivity index (χ1) is 11.6. The lowest BCUT2D eigenvalue weighted by molar-refractivity contribution is 0.0161. The van der Waals surface area contributed by atoms with Gasteiger partial charge in [-0.3, -0.25) is 0 Å². The number of nitrogens with one attached hydrogen (secondary N) is 1. The molecular formula is C19H39N3O3. The number of amides is 1. The second-order valence-electron chi connectivity index (χ2n) is 8.31. The van der Waals surface area contributed by atoms with Crippen LogP contribution in [0.25, 0.3) is 0 Å². The lowest BCUT2D eigenvalue weighted by Crippen LogP contribution is -2.48. The summed E-state index contributed by atoms with van der Waals surface area (Å²) in [5, 5.41) is 13.2. The molecular weight excluding hydrogens is 318 g/mol. The van der Waals surface area contributed by atoms with Crippen molar-refractivity contribution >= 4 is 6.09 Å². The van der Waals surface area contributed by atoms with E-state index in [2.05, 4.69) is 24.1 Å². The Labute approximate surface area is 153 Å². The van der Waals surface area contributed by atoms with Crippen molar-refractivity contribution in [1.82, 2.24) is 15.1 Å². The van der Waals surface area contributed by atoms with Gasteiger partial charge in [0.1, 0.15) is 5.60 Å². The molecule has 3 unspecified atom stereocenters. The predicted molar refractivity (Wildman–Crippen MR) is 102 cm³/mol. The molecule has 1 aliphatic rings. The highest BCUT2D eigenvalue weighted by Crippen LogP contribution is 2.19. The van der Waals surface area contributed by atoms with Crippen molar-refractivity contribution in [3.63, 3.8) is 0 Å². The third-order valence-corrected chi connectivity index (χ3v) is 4.68. The average Bonchev–Trinajstić information content (AvgIpc) is 2.51. The Bertz CT molecular complexity index is 396. The Morgan fingerprint density at radius 2 is 2.08 bits per heavy atom. The van der Waals surface area contributed by atoms with E-state index in [0.29, 0.717) is 25.0 Å². The Kier molecular flexibility index (Phi) is 9.17. The first-order valence-electron chi connectivity index (χ1n) is 9.74. The van der Waals surface area contributed by atoms with Crippen LogP contribution in [0, 0.1) is 5.92 Å². The molecule has 1 fully saturated rings. The van der Waals surface area contributed by atoms with E-state index >= 15 is 0 Å². The zero-order valence-electron chi connectivity index (χ0n) is 17.0. The van der Waals surface area contributed by atoms with E-state index in [1.165, 1.54) is 19.4 Å². The highest BCUT2D eigenvalue weighted by molar-refractivity contribution is 5.68. The molecule has 3 atom stereocenters. The minimum absolute atomic E-state index is 0.290. The van der Waals surface area contributed by atoms with Crippen molar-refractivity contribution < 1.29 is 14.6 Å². The number of ether oxygens (including phenoxy) is 1. The molecule has 148 valence electrons. The Hall–Kier alpha value is -0.850. The summed E-state index contributed by atoms with van der Waals surface area (Å²) in [6.45, 7) is 16.7. The van der Waals surface area contributed by atoms with Crippen LogP contribution in [-0.4, -0.2) is 78.0 Å². The van der Waals surface area contributed by atoms with E-state index < -0.39 is 11.7 Å². The number of piperidine rings is 1. The van der Waals surface area contributed by atoms with E-state index in [1.807, 2.05) is 20.8 Å². The molecule has 1 aliphatic heterocycles. The third kappa shape index (κ3) is 8.88. The van der Waals surface area contributed by atoms with Crippen LogP contribution < -0.4 is 5.32 Å². The fraction of sp³-hybridized carbons (Fsp3) is 0.947. The molecule has 1 saturated heterocycles. The lowest BCUT2D eigenvalue weighted by atomic mass is 9.91. The maximum Gasteiger partial charge on any atom is 0.410 e. The first kappa shape index (κ1) is 22.2. The van der Waals surface area contributed by atoms with Crippen LogP contribution in [0.1, 0.15) is 54.4 Å². The molecule has 0 aliphatic carbocycles. The number of hydrogen-bond acceptors (Lipinski definition) is 5. The second-order valence-corrected chi connectivity index (χ2v) is 8.31. The molecule has 0 aromatic heterocycles. The van der Waals surface area contributed by atoms with Crippen LogP contribution in [0.15, 0.2) is 0 Å². The fourth-order valence-electron chi connectivity index (χ4n) is 3.28. The standard InChI is InChI=1S/C19H39N3O3/c1-7-21-11-8-9-17(14-21)16(3)20-10-12-22(13-15(2)23)18(24)25-19(4,5)6/h15-17,20,23H,7-14H2,1-6H3. The SMILES string of the molecule is CCN1CCCC(C(C)NCCN(CC(C)O)C(=O)OC(C)(C)C)C1. The monoisotopic (exact) mass is 357 g/mol. The number of likely N-dealkylation sites (tertiary alicyclic amines) is 1. The summed E-state index contributed by atoms with van der Waals surface area (Å²) in [6, 6.07) is 0.418. The van der Waals surface area contributed by atoms with E-state index in [1.54, 1.807) is 11.8 Å². The van der Waals surface area contributed by atoms with Gasteiger partial charge < -0.3 is 25.0 Å². The number of nitrogens with zero attached hydrogens (tertiary/aromatic N) is 2. The molecule has 1 rings (SSSR count). The summed E-state index contributed by atoms with van der Waals surface area (Å²) in [6.07, 6.45) is 1.59. The number of aliphatic hydroxyl groups excluding tert-OH is 1. The topological polar surface area (TPSA) is 65.0 Å². The van der Waals surface area contributed by atoms with Crippen LogP contribution in [0.3, 0.4) is 0 Å². The highest BCUT2D eigenvalue weighted by atomic mass is 16.6. The Balaban J connectivity index is 2.46. The third-order valence-electron chi connectivity index (χ3n) is 4.68. The molecule has 2 N–H and O–H groups in total. The van der Waals surface area contributed by atoms with Gasteiger partial charge in [-0.15, -0.1) is 0 Å². The van der Waals surface area contributed by atoms with Crippen molar-refractivity contribution in [2.75, 3.05) is 39.3 Å². The van der Waals surface area contributed by atoms with Gasteiger partial charge in [-0.2, -0.15) is 0 Å². The van der Waals surface area contributed by atoms with Crippen LogP contribution >= 0.6 is 0 Å². The summed E-state index contributed by atoms with van der Waals surface area (Å²) in [4.78, 5) is 16.4. The number of aliphatic hydroxyl groups is 1. The highest BCUT2D eigenvalue weighted by Gasteiger charge is 2.25. The minimum Gasteiger partial charge on any atom is -0.444 e. The smallest absolute Gasteiger partial charge is 0.410 e. The number of hydrogen-bond donors (Lipinski definition) is 2. The molecule has 0 aromatic rings. The van der Waals surface area contributed by atoms with Gasteiger partial charge in [0.05, 0.1) is 6.10 Å². The zero-order chi connectivity index (χ0) is 19.0. The molecule has 25 heavy (non-hydrogen) atoms. The van der Waals surface area contributed by atoms with Gasteiger partial charge in [0.2, 0.25) is 0 Å². The van der Waals surface area contributed by atoms with Crippen molar-refractivity contribution in [3.8, 4) is 0 Å². The molecule has 0 radical (unpaired) electrons. The molecule has 6 nitrogen and oxygen atoms in total. The van der Waals surface area contributed by atoms with Crippen LogP contribution in [-0.2, 0) is 4.74 Å². The molecule has 0 spiro atoms. The maximum absolute atomic E-state index is 12.3. The number of rotatable bonds is 8. The van der Waals surface area contributed by atoms with E-state index in [0.717, 1.165) is 13.1 Å². The molecule has 0 aromatic carbocycles. The average molecular weight is 358 g/mol. The van der Waals surface area contributed by atoms with Gasteiger partial charge in [-0.25, -0.2) is 4.79 Å². The molecule has 0 bridgehead atoms. The van der Waals surface area contributed by atoms with Gasteiger partial charge in [0.25, 0.3) is 0 Å². The van der Waals surface area contributed by atoms with Crippen molar-refractivity contribution in [2.24, 2.45) is 5.92 Å². The van der Waals surface area contributed by atoms with Crippen molar-refractivity contribution in [2.45, 2.75) is 72.1 Å². The maximum atomic E-state index is 12.3. The molecule has 0 saturated carbocycles. The largest absolute Gasteiger partial charge is 0.444 e. The van der Waals surface area contributed by atoms with Gasteiger partial charge >= 0.3 is 6.09 Å². The van der Waals surface area contributed by atoms with E-state index in [9.17, 15) is 9.90 Å². The summed E-state index contributed by atoms with van der Waals surface area (Å²) in [5.74, 6) is 0.653. The lowest BCUT2D eigenvalue weighted by Gasteiger charge is -2.36. The number of carbonyl (C=O) groups excluding carboxylic acids is 1. The summed E-state index contributed by atoms with van der Waals surface area (Å²) < 4.78 is 5.44. The normalized spacial score (nSPS) is 21.6. The molecule has 6 heteroatoms. The fourth-order valence-corrected chi connectivity index (χ4v) is 3.28. The summed E-state index contributed by atoms with van der Waals surface area (Å²) >= 11 is 0. The molecule has 1 amide bonds. The Morgan fingerprint density at radius 3 is 2.64 bits per heavy atom. The van der Waals surface area contributed by atoms with Gasteiger partial charge in [0.15, 0.2) is 0 Å². The van der Waals surface area contributed by atoms with Crippen LogP contribution in [0.2, 0.25) is 0 Å². The van der Waals surface area contributed by atoms with E-state index in [4.69, 9.17) is 4.74 Å². The second kappa shape index (κ2) is 10.3. The van der Waals surface area contributed by atoms with Crippen LogP contribution in [0.5, 0.6) is 0 Å². The zero-order valence-corrected chi connectivity index (χ0v) is 17.0. The summed E-state index contributed by atoms with van der Waals surface area (Å²) in [7, 11) is 0. The quantitative estimate of drug-likeness (QED) is 0.698. The Morgan fingerprint density at radius 1 is 1.40 bits per heavy atom.